The highest BCUT2D eigenvalue weighted by molar-refractivity contribution is 4.66. The molecule has 0 bridgehead atoms. The first-order chi connectivity index (χ1) is 13.0. The average Bonchev–Trinajstić information content (AvgIpc) is 2.61. The molecule has 1 unspecified atom stereocenters. The maximum Gasteiger partial charge on any atom is 0.0571 e. The van der Waals surface area contributed by atoms with Gasteiger partial charge in [0.15, 0.2) is 0 Å². The zero-order valence-electron chi connectivity index (χ0n) is 19.8. The van der Waals surface area contributed by atoms with Gasteiger partial charge in [-0.3, -0.25) is 4.90 Å². The quantitative estimate of drug-likeness (QED) is 0.172. The van der Waals surface area contributed by atoms with Crippen LogP contribution in [0.3, 0.4) is 0 Å². The van der Waals surface area contributed by atoms with Gasteiger partial charge in [0.05, 0.1) is 6.17 Å². The summed E-state index contributed by atoms with van der Waals surface area (Å²) >= 11 is 0. The minimum absolute atomic E-state index is 0.284. The molecule has 0 aliphatic heterocycles. The Bertz CT molecular complexity index is 288. The van der Waals surface area contributed by atoms with Gasteiger partial charge in [-0.2, -0.15) is 0 Å². The minimum Gasteiger partial charge on any atom is -0.316 e. The fourth-order valence-corrected chi connectivity index (χ4v) is 3.92. The molecule has 1 atom stereocenters. The monoisotopic (exact) mass is 382 g/mol. The lowest BCUT2D eigenvalue weighted by atomic mass is 10.0. The molecule has 2 heteroatoms. The van der Waals surface area contributed by atoms with Crippen LogP contribution in [0.4, 0.5) is 0 Å². The Morgan fingerprint density at radius 2 is 0.963 bits per heavy atom. The summed E-state index contributed by atoms with van der Waals surface area (Å²) in [6.45, 7) is 14.0. The molecule has 0 aliphatic carbocycles. The average molecular weight is 383 g/mol. The third-order valence-electron chi connectivity index (χ3n) is 5.74. The van der Waals surface area contributed by atoms with Crippen molar-refractivity contribution in [3.63, 3.8) is 0 Å². The lowest BCUT2D eigenvalue weighted by Gasteiger charge is -2.28. The summed E-state index contributed by atoms with van der Waals surface area (Å²) < 4.78 is 0. The largest absolute Gasteiger partial charge is 0.316 e. The van der Waals surface area contributed by atoms with E-state index in [0.29, 0.717) is 0 Å². The number of unbranched alkanes of at least 4 members (excludes halogenated alkanes) is 9. The van der Waals surface area contributed by atoms with Crippen molar-refractivity contribution in [2.45, 2.75) is 137 Å². The lowest BCUT2D eigenvalue weighted by molar-refractivity contribution is 0.183. The molecule has 0 saturated carbocycles. The summed E-state index contributed by atoms with van der Waals surface area (Å²) in [6, 6.07) is 0. The number of rotatable bonds is 20. The van der Waals surface area contributed by atoms with Crippen LogP contribution in [0.1, 0.15) is 131 Å². The normalized spacial score (nSPS) is 13.2. The van der Waals surface area contributed by atoms with Crippen molar-refractivity contribution in [1.82, 2.24) is 4.90 Å². The van der Waals surface area contributed by atoms with Crippen LogP contribution in [0.2, 0.25) is 0 Å². The molecule has 0 aromatic carbocycles. The second-order valence-electron chi connectivity index (χ2n) is 9.65. The van der Waals surface area contributed by atoms with Crippen molar-refractivity contribution >= 4 is 0 Å². The molecule has 0 amide bonds. The fourth-order valence-electron chi connectivity index (χ4n) is 3.92. The van der Waals surface area contributed by atoms with Crippen molar-refractivity contribution in [3.8, 4) is 0 Å². The van der Waals surface area contributed by atoms with E-state index in [2.05, 4.69) is 39.5 Å². The van der Waals surface area contributed by atoms with Gasteiger partial charge in [-0.05, 0) is 44.2 Å². The lowest BCUT2D eigenvalue weighted by Crippen LogP contribution is -2.43. The van der Waals surface area contributed by atoms with Crippen LogP contribution in [-0.2, 0) is 0 Å². The van der Waals surface area contributed by atoms with Gasteiger partial charge in [-0.15, -0.1) is 0 Å². The Labute approximate surface area is 173 Å². The first kappa shape index (κ1) is 26.9. The molecule has 27 heavy (non-hydrogen) atoms. The molecule has 164 valence electrons. The van der Waals surface area contributed by atoms with E-state index in [-0.39, 0.29) is 6.17 Å². The van der Waals surface area contributed by atoms with E-state index in [1.54, 1.807) is 0 Å². The van der Waals surface area contributed by atoms with Crippen molar-refractivity contribution in [3.05, 3.63) is 0 Å². The molecule has 0 aliphatic rings. The van der Waals surface area contributed by atoms with Gasteiger partial charge in [0, 0.05) is 0 Å². The number of hydrogen-bond acceptors (Lipinski definition) is 2. The molecule has 0 spiro atoms. The van der Waals surface area contributed by atoms with E-state index >= 15 is 0 Å². The maximum absolute atomic E-state index is 6.52. The molecule has 0 rings (SSSR count). The number of hydrogen-bond donors (Lipinski definition) is 1. The van der Waals surface area contributed by atoms with Crippen molar-refractivity contribution in [2.75, 3.05) is 13.1 Å². The Morgan fingerprint density at radius 3 is 1.41 bits per heavy atom. The van der Waals surface area contributed by atoms with E-state index in [1.165, 1.54) is 109 Å². The Morgan fingerprint density at radius 1 is 0.556 bits per heavy atom. The smallest absolute Gasteiger partial charge is 0.0571 e. The van der Waals surface area contributed by atoms with Crippen molar-refractivity contribution in [2.24, 2.45) is 17.6 Å². The SMILES string of the molecule is CCCN(CCCCCCCCC(C)C)C(N)CCCCCCCC(C)C. The summed E-state index contributed by atoms with van der Waals surface area (Å²) in [5, 5.41) is 0. The van der Waals surface area contributed by atoms with Gasteiger partial charge in [-0.25, -0.2) is 0 Å². The summed E-state index contributed by atoms with van der Waals surface area (Å²) in [6.07, 6.45) is 20.7. The first-order valence-electron chi connectivity index (χ1n) is 12.5. The van der Waals surface area contributed by atoms with Crippen LogP contribution < -0.4 is 5.73 Å². The van der Waals surface area contributed by atoms with E-state index in [9.17, 15) is 0 Å². The van der Waals surface area contributed by atoms with Crippen LogP contribution in [0, 0.1) is 11.8 Å². The van der Waals surface area contributed by atoms with E-state index in [0.717, 1.165) is 11.8 Å². The van der Waals surface area contributed by atoms with E-state index in [4.69, 9.17) is 5.73 Å². The predicted octanol–water partition coefficient (Wildman–Crippen LogP) is 7.76. The molecule has 0 aromatic rings. The van der Waals surface area contributed by atoms with Gasteiger partial charge < -0.3 is 5.73 Å². The first-order valence-corrected chi connectivity index (χ1v) is 12.5. The zero-order chi connectivity index (χ0) is 20.3. The standard InChI is InChI=1S/C25H54N2/c1-6-21-27(22-17-13-8-7-10-14-18-23(2)3)25(26)20-16-12-9-11-15-19-24(4)5/h23-25H,6-22,26H2,1-5H3. The summed E-state index contributed by atoms with van der Waals surface area (Å²) in [7, 11) is 0. The Balaban J connectivity index is 3.68. The van der Waals surface area contributed by atoms with Gasteiger partial charge >= 0.3 is 0 Å². The molecular weight excluding hydrogens is 328 g/mol. The van der Waals surface area contributed by atoms with Crippen LogP contribution in [0.15, 0.2) is 0 Å². The van der Waals surface area contributed by atoms with E-state index in [1.807, 2.05) is 0 Å². The highest BCUT2D eigenvalue weighted by Crippen LogP contribution is 2.14. The Hall–Kier alpha value is -0.0800. The fraction of sp³-hybridized carbons (Fsp3) is 1.00. The maximum atomic E-state index is 6.52. The van der Waals surface area contributed by atoms with Crippen LogP contribution in [0.25, 0.3) is 0 Å². The third-order valence-corrected chi connectivity index (χ3v) is 5.74. The van der Waals surface area contributed by atoms with Crippen LogP contribution in [-0.4, -0.2) is 24.2 Å². The van der Waals surface area contributed by atoms with Crippen LogP contribution >= 0.6 is 0 Å². The summed E-state index contributed by atoms with van der Waals surface area (Å²) in [5.74, 6) is 1.73. The van der Waals surface area contributed by atoms with Crippen LogP contribution in [0.5, 0.6) is 0 Å². The summed E-state index contributed by atoms with van der Waals surface area (Å²) in [4.78, 5) is 2.55. The van der Waals surface area contributed by atoms with Crippen molar-refractivity contribution in [1.29, 1.82) is 0 Å². The molecule has 0 saturated heterocycles. The Kier molecular flexibility index (Phi) is 19.2. The third kappa shape index (κ3) is 19.0. The number of nitrogens with zero attached hydrogens (tertiary/aromatic N) is 1. The molecule has 0 fully saturated rings. The van der Waals surface area contributed by atoms with Gasteiger partial charge in [0.1, 0.15) is 0 Å². The molecule has 2 nitrogen and oxygen atoms in total. The number of nitrogens with two attached hydrogens (primary N) is 1. The molecule has 0 heterocycles. The highest BCUT2D eigenvalue weighted by Gasteiger charge is 2.12. The molecule has 0 aromatic heterocycles. The van der Waals surface area contributed by atoms with Crippen molar-refractivity contribution < 1.29 is 0 Å². The molecular formula is C25H54N2. The highest BCUT2D eigenvalue weighted by atomic mass is 15.2. The topological polar surface area (TPSA) is 29.3 Å². The van der Waals surface area contributed by atoms with E-state index < -0.39 is 0 Å². The molecule has 2 N–H and O–H groups in total. The predicted molar refractivity (Wildman–Crippen MR) is 124 cm³/mol. The zero-order valence-corrected chi connectivity index (χ0v) is 19.8. The van der Waals surface area contributed by atoms with Gasteiger partial charge in [0.25, 0.3) is 0 Å². The van der Waals surface area contributed by atoms with Gasteiger partial charge in [-0.1, -0.05) is 112 Å². The second kappa shape index (κ2) is 19.2. The summed E-state index contributed by atoms with van der Waals surface area (Å²) in [5.41, 5.74) is 6.52. The van der Waals surface area contributed by atoms with Gasteiger partial charge in [0.2, 0.25) is 0 Å². The minimum atomic E-state index is 0.284. The second-order valence-corrected chi connectivity index (χ2v) is 9.65. The molecule has 0 radical (unpaired) electrons.